The van der Waals surface area contributed by atoms with Gasteiger partial charge in [0.1, 0.15) is 6.29 Å². The SMILES string of the molecule is CC(C)(C)C(C=O)c1ccc(N(CCO)CCO)cc1. The molecule has 1 rings (SSSR count). The highest BCUT2D eigenvalue weighted by Gasteiger charge is 2.25. The van der Waals surface area contributed by atoms with Crippen molar-refractivity contribution >= 4 is 12.0 Å². The Bertz CT molecular complexity index is 403. The molecule has 2 N–H and O–H groups in total. The first-order chi connectivity index (χ1) is 9.43. The van der Waals surface area contributed by atoms with Crippen molar-refractivity contribution in [3.63, 3.8) is 0 Å². The van der Waals surface area contributed by atoms with E-state index in [0.717, 1.165) is 17.5 Å². The molecule has 0 bridgehead atoms. The first-order valence-corrected chi connectivity index (χ1v) is 6.96. The first kappa shape index (κ1) is 16.7. The van der Waals surface area contributed by atoms with Gasteiger partial charge in [0.25, 0.3) is 0 Å². The minimum atomic E-state index is -0.138. The minimum absolute atomic E-state index is 0.0424. The molecule has 4 heteroatoms. The number of carbonyl (C=O) groups is 1. The highest BCUT2D eigenvalue weighted by atomic mass is 16.3. The van der Waals surface area contributed by atoms with Crippen LogP contribution in [0.3, 0.4) is 0 Å². The van der Waals surface area contributed by atoms with Gasteiger partial charge in [0.05, 0.1) is 13.2 Å². The standard InChI is InChI=1S/C16H25NO3/c1-16(2,3)15(12-20)13-4-6-14(7-5-13)17(8-10-18)9-11-19/h4-7,12,15,18-19H,8-11H2,1-3H3. The van der Waals surface area contributed by atoms with Gasteiger partial charge < -0.3 is 19.9 Å². The number of carbonyl (C=O) groups excluding carboxylic acids is 1. The number of nitrogens with zero attached hydrogens (tertiary/aromatic N) is 1. The fourth-order valence-corrected chi connectivity index (χ4v) is 2.29. The quantitative estimate of drug-likeness (QED) is 0.747. The molecule has 0 radical (unpaired) electrons. The van der Waals surface area contributed by atoms with E-state index >= 15 is 0 Å². The molecule has 0 aliphatic heterocycles. The van der Waals surface area contributed by atoms with Gasteiger partial charge in [-0.3, -0.25) is 0 Å². The number of aliphatic hydroxyl groups excluding tert-OH is 2. The third kappa shape index (κ3) is 4.32. The molecule has 0 fully saturated rings. The number of anilines is 1. The summed E-state index contributed by atoms with van der Waals surface area (Å²) in [4.78, 5) is 13.2. The maximum absolute atomic E-state index is 11.3. The predicted octanol–water partition coefficient (Wildman–Crippen LogP) is 1.81. The zero-order valence-corrected chi connectivity index (χ0v) is 12.5. The zero-order chi connectivity index (χ0) is 15.2. The van der Waals surface area contributed by atoms with Crippen molar-refractivity contribution in [2.75, 3.05) is 31.2 Å². The fourth-order valence-electron chi connectivity index (χ4n) is 2.29. The Labute approximate surface area is 121 Å². The van der Waals surface area contributed by atoms with Crippen LogP contribution in [0.4, 0.5) is 5.69 Å². The highest BCUT2D eigenvalue weighted by molar-refractivity contribution is 5.64. The Kier molecular flexibility index (Phi) is 6.17. The van der Waals surface area contributed by atoms with Gasteiger partial charge in [-0.05, 0) is 23.1 Å². The summed E-state index contributed by atoms with van der Waals surface area (Å²) in [6.07, 6.45) is 0.994. The normalized spacial score (nSPS) is 13.1. The van der Waals surface area contributed by atoms with Crippen molar-refractivity contribution in [3.05, 3.63) is 29.8 Å². The van der Waals surface area contributed by atoms with Crippen LogP contribution < -0.4 is 4.90 Å². The second-order valence-corrected chi connectivity index (χ2v) is 6.01. The second-order valence-electron chi connectivity index (χ2n) is 6.01. The summed E-state index contributed by atoms with van der Waals surface area (Å²) < 4.78 is 0. The lowest BCUT2D eigenvalue weighted by Crippen LogP contribution is -2.29. The van der Waals surface area contributed by atoms with E-state index < -0.39 is 0 Å². The molecule has 112 valence electrons. The molecule has 0 aliphatic carbocycles. The molecule has 1 aromatic rings. The van der Waals surface area contributed by atoms with E-state index in [-0.39, 0.29) is 24.5 Å². The molecule has 1 aromatic carbocycles. The van der Waals surface area contributed by atoms with Gasteiger partial charge in [-0.25, -0.2) is 0 Å². The molecular formula is C16H25NO3. The van der Waals surface area contributed by atoms with Gasteiger partial charge >= 0.3 is 0 Å². The van der Waals surface area contributed by atoms with Gasteiger partial charge in [0.15, 0.2) is 0 Å². The van der Waals surface area contributed by atoms with Crippen LogP contribution in [0.1, 0.15) is 32.3 Å². The average Bonchev–Trinajstić information content (AvgIpc) is 2.38. The smallest absolute Gasteiger partial charge is 0.127 e. The van der Waals surface area contributed by atoms with E-state index in [9.17, 15) is 4.79 Å². The Balaban J connectivity index is 2.94. The van der Waals surface area contributed by atoms with Crippen LogP contribution in [-0.4, -0.2) is 42.8 Å². The van der Waals surface area contributed by atoms with Gasteiger partial charge in [-0.2, -0.15) is 0 Å². The molecule has 0 amide bonds. The number of aliphatic hydroxyl groups is 2. The van der Waals surface area contributed by atoms with Crippen LogP contribution in [0.2, 0.25) is 0 Å². The second kappa shape index (κ2) is 7.41. The number of benzene rings is 1. The van der Waals surface area contributed by atoms with Gasteiger partial charge in [-0.1, -0.05) is 32.9 Å². The molecule has 20 heavy (non-hydrogen) atoms. The maximum Gasteiger partial charge on any atom is 0.127 e. The summed E-state index contributed by atoms with van der Waals surface area (Å²) in [5, 5.41) is 18.1. The molecule has 1 atom stereocenters. The van der Waals surface area contributed by atoms with Crippen molar-refractivity contribution in [3.8, 4) is 0 Å². The summed E-state index contributed by atoms with van der Waals surface area (Å²) in [5.41, 5.74) is 1.82. The number of aldehydes is 1. The highest BCUT2D eigenvalue weighted by Crippen LogP contribution is 2.33. The Morgan fingerprint density at radius 2 is 1.60 bits per heavy atom. The molecule has 0 aromatic heterocycles. The lowest BCUT2D eigenvalue weighted by atomic mass is 9.77. The lowest BCUT2D eigenvalue weighted by Gasteiger charge is -2.27. The molecular weight excluding hydrogens is 254 g/mol. The molecule has 0 saturated heterocycles. The third-order valence-electron chi connectivity index (χ3n) is 3.43. The van der Waals surface area contributed by atoms with Crippen molar-refractivity contribution in [2.24, 2.45) is 5.41 Å². The summed E-state index contributed by atoms with van der Waals surface area (Å²) in [6.45, 7) is 7.19. The van der Waals surface area contributed by atoms with E-state index in [1.165, 1.54) is 0 Å². The van der Waals surface area contributed by atoms with Crippen molar-refractivity contribution in [1.29, 1.82) is 0 Å². The number of hydrogen-bond donors (Lipinski definition) is 2. The van der Waals surface area contributed by atoms with Crippen molar-refractivity contribution in [2.45, 2.75) is 26.7 Å². The average molecular weight is 279 g/mol. The van der Waals surface area contributed by atoms with E-state index in [1.807, 2.05) is 49.9 Å². The van der Waals surface area contributed by atoms with Crippen LogP contribution in [0, 0.1) is 5.41 Å². The van der Waals surface area contributed by atoms with Gasteiger partial charge in [0.2, 0.25) is 0 Å². The summed E-state index contributed by atoms with van der Waals surface area (Å²) >= 11 is 0. The Hall–Kier alpha value is -1.39. The van der Waals surface area contributed by atoms with E-state index in [0.29, 0.717) is 13.1 Å². The van der Waals surface area contributed by atoms with Crippen LogP contribution in [0.25, 0.3) is 0 Å². The molecule has 1 unspecified atom stereocenters. The lowest BCUT2D eigenvalue weighted by molar-refractivity contribution is -0.111. The van der Waals surface area contributed by atoms with Gasteiger partial charge in [-0.15, -0.1) is 0 Å². The molecule has 0 heterocycles. The third-order valence-corrected chi connectivity index (χ3v) is 3.43. The largest absolute Gasteiger partial charge is 0.395 e. The number of hydrogen-bond acceptors (Lipinski definition) is 4. The van der Waals surface area contributed by atoms with Gasteiger partial charge in [0, 0.05) is 24.7 Å². The topological polar surface area (TPSA) is 60.8 Å². The summed E-state index contributed by atoms with van der Waals surface area (Å²) in [7, 11) is 0. The first-order valence-electron chi connectivity index (χ1n) is 6.96. The Morgan fingerprint density at radius 3 is 1.95 bits per heavy atom. The number of rotatable bonds is 7. The van der Waals surface area contributed by atoms with E-state index in [2.05, 4.69) is 0 Å². The van der Waals surface area contributed by atoms with Crippen LogP contribution in [-0.2, 0) is 4.79 Å². The van der Waals surface area contributed by atoms with E-state index in [1.54, 1.807) is 0 Å². The maximum atomic E-state index is 11.3. The van der Waals surface area contributed by atoms with Crippen molar-refractivity contribution in [1.82, 2.24) is 0 Å². The molecule has 4 nitrogen and oxygen atoms in total. The minimum Gasteiger partial charge on any atom is -0.395 e. The molecule has 0 aliphatic rings. The molecule has 0 spiro atoms. The Morgan fingerprint density at radius 1 is 1.10 bits per heavy atom. The van der Waals surface area contributed by atoms with Crippen LogP contribution >= 0.6 is 0 Å². The summed E-state index contributed by atoms with van der Waals surface area (Å²) in [5.74, 6) is -0.138. The predicted molar refractivity (Wildman–Crippen MR) is 81.1 cm³/mol. The summed E-state index contributed by atoms with van der Waals surface area (Å²) in [6, 6.07) is 7.76. The van der Waals surface area contributed by atoms with Crippen molar-refractivity contribution < 1.29 is 15.0 Å². The van der Waals surface area contributed by atoms with E-state index in [4.69, 9.17) is 10.2 Å². The van der Waals surface area contributed by atoms with Crippen LogP contribution in [0.15, 0.2) is 24.3 Å². The van der Waals surface area contributed by atoms with Crippen LogP contribution in [0.5, 0.6) is 0 Å². The zero-order valence-electron chi connectivity index (χ0n) is 12.5. The monoisotopic (exact) mass is 279 g/mol. The molecule has 0 saturated carbocycles. The fraction of sp³-hybridized carbons (Fsp3) is 0.562.